The Labute approximate surface area is 112 Å². The summed E-state index contributed by atoms with van der Waals surface area (Å²) in [5.74, 6) is 0. The first kappa shape index (κ1) is 13.4. The van der Waals surface area contributed by atoms with Crippen LogP contribution in [0.3, 0.4) is 0 Å². The van der Waals surface area contributed by atoms with Gasteiger partial charge in [-0.2, -0.15) is 40.5 Å². The first-order valence-electron chi connectivity index (χ1n) is 5.13. The van der Waals surface area contributed by atoms with Gasteiger partial charge in [0.25, 0.3) is 0 Å². The molecule has 0 saturated heterocycles. The second kappa shape index (κ2) is 7.55. The molecular weight excluding hydrogens is 252 g/mol. The smallest absolute Gasteiger partial charge is 0.214 e. The molecule has 0 radical (unpaired) electrons. The van der Waals surface area contributed by atoms with Crippen molar-refractivity contribution in [3.8, 4) is 11.3 Å². The molecule has 86 valence electrons. The summed E-state index contributed by atoms with van der Waals surface area (Å²) in [6, 6.07) is 21.8. The minimum Gasteiger partial charge on any atom is -0.214 e. The largest absolute Gasteiger partial charge is 2.00 e. The van der Waals surface area contributed by atoms with Crippen molar-refractivity contribution in [1.82, 2.24) is 10.2 Å². The van der Waals surface area contributed by atoms with Gasteiger partial charge in [-0.3, -0.25) is 0 Å². The second-order valence-corrected chi connectivity index (χ2v) is 3.24. The number of nitrogens with zero attached hydrogens (tertiary/aromatic N) is 2. The molecule has 0 saturated carbocycles. The first-order chi connectivity index (χ1) is 7.97. The van der Waals surface area contributed by atoms with Crippen LogP contribution in [0, 0.1) is 0 Å². The maximum atomic E-state index is 3.97. The Bertz CT molecular complexity index is 455. The molecule has 0 aliphatic rings. The molecule has 2 nitrogen and oxygen atoms in total. The predicted molar refractivity (Wildman–Crippen MR) is 65.1 cm³/mol. The van der Waals surface area contributed by atoms with Crippen molar-refractivity contribution >= 4 is 0 Å². The van der Waals surface area contributed by atoms with Gasteiger partial charge in [0.1, 0.15) is 0 Å². The molecule has 0 unspecified atom stereocenters. The molecule has 1 heterocycles. The fourth-order valence-electron chi connectivity index (χ4n) is 1.32. The zero-order chi connectivity index (χ0) is 11.1. The van der Waals surface area contributed by atoms with Gasteiger partial charge < -0.3 is 0 Å². The third kappa shape index (κ3) is 4.35. The topological polar surface area (TPSA) is 25.8 Å². The normalized spacial score (nSPS) is 8.71. The van der Waals surface area contributed by atoms with Crippen LogP contribution in [0.4, 0.5) is 0 Å². The van der Waals surface area contributed by atoms with Crippen LogP contribution in [0.5, 0.6) is 0 Å². The van der Waals surface area contributed by atoms with Gasteiger partial charge in [-0.05, 0) is 0 Å². The van der Waals surface area contributed by atoms with Gasteiger partial charge in [0, 0.05) is 11.9 Å². The van der Waals surface area contributed by atoms with E-state index in [0.29, 0.717) is 0 Å². The van der Waals surface area contributed by atoms with Crippen LogP contribution < -0.4 is 0 Å². The van der Waals surface area contributed by atoms with Crippen molar-refractivity contribution in [2.75, 3.05) is 0 Å². The molecule has 17 heavy (non-hydrogen) atoms. The van der Waals surface area contributed by atoms with Gasteiger partial charge in [0.2, 0.25) is 0 Å². The molecule has 3 rings (SSSR count). The number of aromatic nitrogens is 2. The molecule has 0 amide bonds. The average molecular weight is 264 g/mol. The summed E-state index contributed by atoms with van der Waals surface area (Å²) in [6.45, 7) is 0. The second-order valence-electron chi connectivity index (χ2n) is 3.24. The van der Waals surface area contributed by atoms with Gasteiger partial charge in [-0.25, -0.2) is 12.1 Å². The zero-order valence-electron chi connectivity index (χ0n) is 9.18. The molecule has 3 heteroatoms. The Morgan fingerprint density at radius 1 is 0.941 bits per heavy atom. The number of rotatable bonds is 1. The van der Waals surface area contributed by atoms with Crippen LogP contribution in [0.2, 0.25) is 0 Å². The van der Waals surface area contributed by atoms with Crippen LogP contribution in [0.15, 0.2) is 72.9 Å². The molecule has 0 fully saturated rings. The maximum absolute atomic E-state index is 3.97. The van der Waals surface area contributed by atoms with Crippen molar-refractivity contribution < 1.29 is 17.1 Å². The Morgan fingerprint density at radius 2 is 1.65 bits per heavy atom. The van der Waals surface area contributed by atoms with Gasteiger partial charge in [0.05, 0.1) is 0 Å². The SMILES string of the molecule is [Fe+2].c1cc[cH-]c1.c1cnnc(-[c-]2cccc2)c1. The summed E-state index contributed by atoms with van der Waals surface area (Å²) in [5, 5.41) is 7.76. The van der Waals surface area contributed by atoms with E-state index in [1.807, 2.05) is 66.7 Å². The molecule has 2 aromatic carbocycles. The number of hydrogen-bond acceptors (Lipinski definition) is 2. The van der Waals surface area contributed by atoms with E-state index in [9.17, 15) is 0 Å². The van der Waals surface area contributed by atoms with E-state index >= 15 is 0 Å². The molecular formula is C14H12FeN2. The summed E-state index contributed by atoms with van der Waals surface area (Å²) >= 11 is 0. The van der Waals surface area contributed by atoms with Gasteiger partial charge in [0.15, 0.2) is 0 Å². The maximum Gasteiger partial charge on any atom is 2.00 e. The van der Waals surface area contributed by atoms with Crippen molar-refractivity contribution in [3.63, 3.8) is 0 Å². The minimum atomic E-state index is 0. The van der Waals surface area contributed by atoms with E-state index in [2.05, 4.69) is 10.2 Å². The van der Waals surface area contributed by atoms with Crippen molar-refractivity contribution in [2.45, 2.75) is 0 Å². The summed E-state index contributed by atoms with van der Waals surface area (Å²) < 4.78 is 0. The van der Waals surface area contributed by atoms with E-state index in [0.717, 1.165) is 11.3 Å². The monoisotopic (exact) mass is 264 g/mol. The zero-order valence-corrected chi connectivity index (χ0v) is 10.3. The summed E-state index contributed by atoms with van der Waals surface area (Å²) in [4.78, 5) is 0. The Morgan fingerprint density at radius 3 is 2.12 bits per heavy atom. The Kier molecular flexibility index (Phi) is 5.94. The molecule has 0 N–H and O–H groups in total. The van der Waals surface area contributed by atoms with Crippen molar-refractivity contribution in [1.29, 1.82) is 0 Å². The van der Waals surface area contributed by atoms with E-state index in [-0.39, 0.29) is 17.1 Å². The van der Waals surface area contributed by atoms with Gasteiger partial charge >= 0.3 is 17.1 Å². The van der Waals surface area contributed by atoms with Crippen LogP contribution in [0.1, 0.15) is 0 Å². The Hall–Kier alpha value is -1.70. The fourth-order valence-corrected chi connectivity index (χ4v) is 1.32. The standard InChI is InChI=1S/C9H7N2.C5H5.Fe/c1-2-5-8(4-1)9-6-3-7-10-11-9;1-2-4-5-3-1;/h1-7H;1-5H;/q2*-1;+2. The van der Waals surface area contributed by atoms with Crippen LogP contribution in [-0.2, 0) is 17.1 Å². The van der Waals surface area contributed by atoms with Crippen LogP contribution in [-0.4, -0.2) is 10.2 Å². The fraction of sp³-hybridized carbons (Fsp3) is 0. The van der Waals surface area contributed by atoms with E-state index in [1.54, 1.807) is 6.20 Å². The molecule has 0 aliphatic heterocycles. The first-order valence-corrected chi connectivity index (χ1v) is 5.13. The van der Waals surface area contributed by atoms with Gasteiger partial charge in [-0.1, -0.05) is 11.6 Å². The molecule has 1 aromatic heterocycles. The van der Waals surface area contributed by atoms with Crippen LogP contribution >= 0.6 is 0 Å². The van der Waals surface area contributed by atoms with Gasteiger partial charge in [-0.15, -0.1) is 18.2 Å². The van der Waals surface area contributed by atoms with E-state index in [1.165, 1.54) is 0 Å². The molecule has 0 spiro atoms. The summed E-state index contributed by atoms with van der Waals surface area (Å²) in [6.07, 6.45) is 1.67. The Balaban J connectivity index is 0.000000205. The third-order valence-corrected chi connectivity index (χ3v) is 2.09. The minimum absolute atomic E-state index is 0. The van der Waals surface area contributed by atoms with Crippen LogP contribution in [0.25, 0.3) is 11.3 Å². The molecule has 0 aliphatic carbocycles. The van der Waals surface area contributed by atoms with E-state index < -0.39 is 0 Å². The molecule has 0 atom stereocenters. The predicted octanol–water partition coefficient (Wildman–Crippen LogP) is 3.27. The summed E-state index contributed by atoms with van der Waals surface area (Å²) in [5.41, 5.74) is 2.05. The molecule has 3 aromatic rings. The quantitative estimate of drug-likeness (QED) is 0.498. The van der Waals surface area contributed by atoms with Crippen molar-refractivity contribution in [2.24, 2.45) is 0 Å². The molecule has 0 bridgehead atoms. The number of hydrogen-bond donors (Lipinski definition) is 0. The van der Waals surface area contributed by atoms with Crippen molar-refractivity contribution in [3.05, 3.63) is 72.9 Å². The summed E-state index contributed by atoms with van der Waals surface area (Å²) in [7, 11) is 0. The third-order valence-electron chi connectivity index (χ3n) is 2.09. The van der Waals surface area contributed by atoms with E-state index in [4.69, 9.17) is 0 Å². The average Bonchev–Trinajstić information content (AvgIpc) is 3.07.